The molecule has 4 rings (SSSR count). The lowest BCUT2D eigenvalue weighted by Crippen LogP contribution is -2.49. The number of amidine groups is 1. The van der Waals surface area contributed by atoms with Crippen LogP contribution in [0.15, 0.2) is 78.3 Å². The summed E-state index contributed by atoms with van der Waals surface area (Å²) in [6.45, 7) is 4.70. The molecular formula is C22H23N5O2S. The molecule has 7 nitrogen and oxygen atoms in total. The van der Waals surface area contributed by atoms with E-state index in [9.17, 15) is 9.59 Å². The second-order valence-corrected chi connectivity index (χ2v) is 7.86. The van der Waals surface area contributed by atoms with Gasteiger partial charge >= 0.3 is 0 Å². The number of para-hydroxylation sites is 2. The van der Waals surface area contributed by atoms with Crippen LogP contribution in [0.4, 0.5) is 11.4 Å². The average Bonchev–Trinajstić information content (AvgIpc) is 3.26. The maximum absolute atomic E-state index is 13.2. The van der Waals surface area contributed by atoms with Crippen molar-refractivity contribution in [2.75, 3.05) is 28.6 Å². The Balaban J connectivity index is 1.56. The number of thioether (sulfide) groups is 1. The summed E-state index contributed by atoms with van der Waals surface area (Å²) in [4.78, 5) is 34.2. The molecule has 2 atom stereocenters. The van der Waals surface area contributed by atoms with Crippen molar-refractivity contribution in [3.8, 4) is 0 Å². The first kappa shape index (κ1) is 20.3. The zero-order valence-electron chi connectivity index (χ0n) is 16.4. The third-order valence-electron chi connectivity index (χ3n) is 4.95. The molecule has 2 aliphatic rings. The summed E-state index contributed by atoms with van der Waals surface area (Å²) in [7, 11) is 0. The molecule has 154 valence electrons. The molecule has 2 aromatic carbocycles. The van der Waals surface area contributed by atoms with Crippen molar-refractivity contribution in [3.63, 3.8) is 0 Å². The van der Waals surface area contributed by atoms with E-state index in [1.807, 2.05) is 60.7 Å². The van der Waals surface area contributed by atoms with Gasteiger partial charge in [-0.15, -0.1) is 6.58 Å². The molecule has 0 spiro atoms. The first-order valence-electron chi connectivity index (χ1n) is 9.73. The predicted molar refractivity (Wildman–Crippen MR) is 121 cm³/mol. The van der Waals surface area contributed by atoms with Crippen molar-refractivity contribution < 1.29 is 9.59 Å². The van der Waals surface area contributed by atoms with Crippen LogP contribution < -0.4 is 20.7 Å². The van der Waals surface area contributed by atoms with E-state index >= 15 is 0 Å². The number of hydrazine groups is 1. The van der Waals surface area contributed by atoms with Crippen LogP contribution in [-0.4, -0.2) is 42.0 Å². The summed E-state index contributed by atoms with van der Waals surface area (Å²) < 4.78 is 0. The molecule has 0 aliphatic carbocycles. The van der Waals surface area contributed by atoms with Gasteiger partial charge in [0.2, 0.25) is 11.8 Å². The Morgan fingerprint density at radius 2 is 1.90 bits per heavy atom. The second kappa shape index (κ2) is 9.25. The highest BCUT2D eigenvalue weighted by Gasteiger charge is 2.42. The second-order valence-electron chi connectivity index (χ2n) is 6.91. The Labute approximate surface area is 179 Å². The average molecular weight is 422 g/mol. The maximum atomic E-state index is 13.2. The Bertz CT molecular complexity index is 951. The molecule has 2 unspecified atom stereocenters. The Hall–Kier alpha value is -2.94. The number of hydrogen-bond acceptors (Lipinski definition) is 6. The number of carbonyl (C=O) groups excluding carboxylic acids is 2. The summed E-state index contributed by atoms with van der Waals surface area (Å²) in [5.74, 6) is -0.219. The van der Waals surface area contributed by atoms with Crippen molar-refractivity contribution in [2.45, 2.75) is 6.17 Å². The molecule has 1 fully saturated rings. The fraction of sp³-hybridized carbons (Fsp3) is 0.227. The van der Waals surface area contributed by atoms with Crippen molar-refractivity contribution in [1.82, 2.24) is 10.9 Å². The third kappa shape index (κ3) is 4.16. The molecule has 0 saturated carbocycles. The number of carbonyl (C=O) groups is 2. The molecule has 8 heteroatoms. The molecule has 2 N–H and O–H groups in total. The number of nitrogens with one attached hydrogen (secondary N) is 2. The molecule has 0 bridgehead atoms. The Morgan fingerprint density at radius 3 is 2.60 bits per heavy atom. The fourth-order valence-electron chi connectivity index (χ4n) is 3.48. The standard InChI is InChI=1S/C22H23N5O2S/c1-2-13-26(16-9-5-3-6-10-16)19(28)15-30-22-24-20-18(14-23-25-20)21(29)27(22)17-11-7-4-8-12-17/h2-12,18,20,23,25H,1,13-15H2. The van der Waals surface area contributed by atoms with Gasteiger partial charge in [-0.1, -0.05) is 54.2 Å². The van der Waals surface area contributed by atoms with E-state index in [-0.39, 0.29) is 29.7 Å². The first-order chi connectivity index (χ1) is 14.7. The van der Waals surface area contributed by atoms with Gasteiger partial charge < -0.3 is 4.90 Å². The van der Waals surface area contributed by atoms with E-state index in [0.717, 1.165) is 11.4 Å². The lowest BCUT2D eigenvalue weighted by molar-refractivity contribution is -0.121. The van der Waals surface area contributed by atoms with Gasteiger partial charge in [0.25, 0.3) is 0 Å². The van der Waals surface area contributed by atoms with Gasteiger partial charge in [0.15, 0.2) is 5.17 Å². The minimum Gasteiger partial charge on any atom is -0.308 e. The number of rotatable bonds is 6. The number of hydrogen-bond donors (Lipinski definition) is 2. The first-order valence-corrected chi connectivity index (χ1v) is 10.7. The van der Waals surface area contributed by atoms with Gasteiger partial charge in [-0.05, 0) is 24.3 Å². The van der Waals surface area contributed by atoms with Crippen LogP contribution in [0.2, 0.25) is 0 Å². The Kier molecular flexibility index (Phi) is 6.27. The topological polar surface area (TPSA) is 77.0 Å². The highest BCUT2D eigenvalue weighted by atomic mass is 32.2. The number of benzene rings is 2. The monoisotopic (exact) mass is 421 g/mol. The highest BCUT2D eigenvalue weighted by molar-refractivity contribution is 8.14. The number of fused-ring (bicyclic) bond motifs is 1. The summed E-state index contributed by atoms with van der Waals surface area (Å²) in [5, 5.41) is 0.517. The number of aliphatic imine (C=N–C) groups is 1. The van der Waals surface area contributed by atoms with Gasteiger partial charge in [-0.3, -0.25) is 19.9 Å². The molecule has 30 heavy (non-hydrogen) atoms. The minimum atomic E-state index is -0.325. The number of nitrogens with zero attached hydrogens (tertiary/aromatic N) is 3. The summed E-state index contributed by atoms with van der Waals surface area (Å²) in [6, 6.07) is 18.9. The largest absolute Gasteiger partial charge is 0.308 e. The van der Waals surface area contributed by atoms with E-state index in [1.54, 1.807) is 15.9 Å². The molecule has 2 heterocycles. The zero-order valence-corrected chi connectivity index (χ0v) is 17.2. The predicted octanol–water partition coefficient (Wildman–Crippen LogP) is 2.39. The maximum Gasteiger partial charge on any atom is 0.241 e. The summed E-state index contributed by atoms with van der Waals surface area (Å²) >= 11 is 1.27. The van der Waals surface area contributed by atoms with Crippen LogP contribution in [0, 0.1) is 5.92 Å². The summed E-state index contributed by atoms with van der Waals surface area (Å²) in [5.41, 5.74) is 7.61. The van der Waals surface area contributed by atoms with E-state index in [1.165, 1.54) is 11.8 Å². The fourth-order valence-corrected chi connectivity index (χ4v) is 4.40. The van der Waals surface area contributed by atoms with Gasteiger partial charge in [0.1, 0.15) is 6.17 Å². The van der Waals surface area contributed by atoms with Crippen LogP contribution in [0.25, 0.3) is 0 Å². The molecule has 2 aromatic rings. The van der Waals surface area contributed by atoms with Crippen LogP contribution in [0.5, 0.6) is 0 Å². The molecular weight excluding hydrogens is 398 g/mol. The van der Waals surface area contributed by atoms with E-state index < -0.39 is 0 Å². The van der Waals surface area contributed by atoms with Crippen LogP contribution in [-0.2, 0) is 9.59 Å². The quantitative estimate of drug-likeness (QED) is 0.701. The lowest BCUT2D eigenvalue weighted by atomic mass is 10.1. The molecule has 0 radical (unpaired) electrons. The van der Waals surface area contributed by atoms with Crippen LogP contribution in [0.1, 0.15) is 0 Å². The van der Waals surface area contributed by atoms with Crippen molar-refractivity contribution in [2.24, 2.45) is 10.9 Å². The molecule has 2 amide bonds. The summed E-state index contributed by atoms with van der Waals surface area (Å²) in [6.07, 6.45) is 1.38. The van der Waals surface area contributed by atoms with E-state index in [2.05, 4.69) is 17.4 Å². The molecule has 2 aliphatic heterocycles. The minimum absolute atomic E-state index is 0.0281. The zero-order chi connectivity index (χ0) is 20.9. The normalized spacial score (nSPS) is 20.5. The highest BCUT2D eigenvalue weighted by Crippen LogP contribution is 2.29. The Morgan fingerprint density at radius 1 is 1.20 bits per heavy atom. The van der Waals surface area contributed by atoms with Gasteiger partial charge in [-0.2, -0.15) is 0 Å². The van der Waals surface area contributed by atoms with Crippen molar-refractivity contribution in [3.05, 3.63) is 73.3 Å². The van der Waals surface area contributed by atoms with Crippen LogP contribution >= 0.6 is 11.8 Å². The molecule has 1 saturated heterocycles. The van der Waals surface area contributed by atoms with Crippen molar-refractivity contribution in [1.29, 1.82) is 0 Å². The van der Waals surface area contributed by atoms with Crippen molar-refractivity contribution >= 4 is 40.1 Å². The van der Waals surface area contributed by atoms with Gasteiger partial charge in [0.05, 0.1) is 17.4 Å². The molecule has 0 aromatic heterocycles. The van der Waals surface area contributed by atoms with E-state index in [4.69, 9.17) is 4.99 Å². The van der Waals surface area contributed by atoms with Crippen LogP contribution in [0.3, 0.4) is 0 Å². The van der Waals surface area contributed by atoms with Gasteiger partial charge in [0, 0.05) is 18.8 Å². The lowest BCUT2D eigenvalue weighted by Gasteiger charge is -2.32. The van der Waals surface area contributed by atoms with Gasteiger partial charge in [-0.25, -0.2) is 10.4 Å². The smallest absolute Gasteiger partial charge is 0.241 e. The SMILES string of the molecule is C=CCN(C(=O)CSC1=NC2NNCC2C(=O)N1c1ccccc1)c1ccccc1. The van der Waals surface area contributed by atoms with E-state index in [0.29, 0.717) is 18.3 Å². The number of amides is 2. The third-order valence-corrected chi connectivity index (χ3v) is 5.89. The number of anilines is 2.